The van der Waals surface area contributed by atoms with Crippen molar-refractivity contribution in [1.82, 2.24) is 9.80 Å². The number of rotatable bonds is 3. The van der Waals surface area contributed by atoms with Gasteiger partial charge in [-0.3, -0.25) is 9.59 Å². The summed E-state index contributed by atoms with van der Waals surface area (Å²) in [6.07, 6.45) is -0.670. The maximum absolute atomic E-state index is 11.8. The second-order valence-electron chi connectivity index (χ2n) is 3.99. The van der Waals surface area contributed by atoms with Crippen molar-refractivity contribution in [3.63, 3.8) is 0 Å². The lowest BCUT2D eigenvalue weighted by atomic mass is 10.3. The van der Waals surface area contributed by atoms with Gasteiger partial charge in [0.25, 0.3) is 0 Å². The molecule has 1 fully saturated rings. The standard InChI is InChI=1S/C11H18N2O5/c1-2-18-10(15)8-9(14)12-4-3-5-13(7-6-12)11(16)17/h2-8H2,1H3,(H,16,17). The van der Waals surface area contributed by atoms with E-state index < -0.39 is 12.1 Å². The average Bonchev–Trinajstić information content (AvgIpc) is 2.54. The van der Waals surface area contributed by atoms with E-state index in [1.807, 2.05) is 0 Å². The van der Waals surface area contributed by atoms with Crippen LogP contribution in [0.3, 0.4) is 0 Å². The molecule has 0 aromatic carbocycles. The molecule has 1 N–H and O–H groups in total. The molecule has 7 nitrogen and oxygen atoms in total. The van der Waals surface area contributed by atoms with E-state index in [9.17, 15) is 14.4 Å². The predicted octanol–water partition coefficient (Wildman–Crippen LogP) is 0.152. The van der Waals surface area contributed by atoms with Gasteiger partial charge in [0.2, 0.25) is 5.91 Å². The summed E-state index contributed by atoms with van der Waals surface area (Å²) in [6.45, 7) is 3.42. The van der Waals surface area contributed by atoms with E-state index in [4.69, 9.17) is 9.84 Å². The van der Waals surface area contributed by atoms with Crippen LogP contribution in [-0.4, -0.2) is 65.7 Å². The van der Waals surface area contributed by atoms with Gasteiger partial charge in [-0.1, -0.05) is 0 Å². The minimum Gasteiger partial charge on any atom is -0.466 e. The number of carbonyl (C=O) groups is 3. The molecule has 0 aliphatic carbocycles. The van der Waals surface area contributed by atoms with Gasteiger partial charge in [0.15, 0.2) is 0 Å². The highest BCUT2D eigenvalue weighted by atomic mass is 16.5. The Morgan fingerprint density at radius 3 is 2.33 bits per heavy atom. The number of ether oxygens (including phenoxy) is 1. The van der Waals surface area contributed by atoms with Gasteiger partial charge in [-0.05, 0) is 13.3 Å². The first-order chi connectivity index (χ1) is 8.54. The molecular weight excluding hydrogens is 240 g/mol. The molecule has 1 saturated heterocycles. The fourth-order valence-corrected chi connectivity index (χ4v) is 1.81. The summed E-state index contributed by atoms with van der Waals surface area (Å²) in [5, 5.41) is 8.85. The van der Waals surface area contributed by atoms with Crippen molar-refractivity contribution in [1.29, 1.82) is 0 Å². The lowest BCUT2D eigenvalue weighted by Gasteiger charge is -2.20. The van der Waals surface area contributed by atoms with Crippen molar-refractivity contribution >= 4 is 18.0 Å². The molecule has 0 radical (unpaired) electrons. The van der Waals surface area contributed by atoms with E-state index >= 15 is 0 Å². The Kier molecular flexibility index (Phi) is 5.41. The summed E-state index contributed by atoms with van der Waals surface area (Å²) in [5.74, 6) is -0.845. The summed E-state index contributed by atoms with van der Waals surface area (Å²) in [4.78, 5) is 36.5. The van der Waals surface area contributed by atoms with Gasteiger partial charge >= 0.3 is 12.1 Å². The van der Waals surface area contributed by atoms with E-state index in [1.54, 1.807) is 6.92 Å². The summed E-state index contributed by atoms with van der Waals surface area (Å²) in [5.41, 5.74) is 0. The molecule has 7 heteroatoms. The van der Waals surface area contributed by atoms with Crippen LogP contribution in [0, 0.1) is 0 Å². The van der Waals surface area contributed by atoms with Crippen LogP contribution >= 0.6 is 0 Å². The van der Waals surface area contributed by atoms with Crippen LogP contribution in [0.5, 0.6) is 0 Å². The van der Waals surface area contributed by atoms with E-state index in [1.165, 1.54) is 9.80 Å². The normalized spacial score (nSPS) is 16.1. The Balaban J connectivity index is 2.45. The lowest BCUT2D eigenvalue weighted by molar-refractivity contribution is -0.148. The van der Waals surface area contributed by atoms with Crippen molar-refractivity contribution in [2.45, 2.75) is 19.8 Å². The summed E-state index contributed by atoms with van der Waals surface area (Å²) in [6, 6.07) is 0. The molecule has 18 heavy (non-hydrogen) atoms. The molecule has 0 atom stereocenters. The molecule has 0 spiro atoms. The molecule has 0 aromatic rings. The van der Waals surface area contributed by atoms with Crippen LogP contribution in [0.1, 0.15) is 19.8 Å². The van der Waals surface area contributed by atoms with Gasteiger partial charge in [-0.15, -0.1) is 0 Å². The Morgan fingerprint density at radius 1 is 1.11 bits per heavy atom. The maximum Gasteiger partial charge on any atom is 0.407 e. The smallest absolute Gasteiger partial charge is 0.407 e. The van der Waals surface area contributed by atoms with Crippen molar-refractivity contribution in [3.8, 4) is 0 Å². The molecule has 1 heterocycles. The van der Waals surface area contributed by atoms with E-state index in [2.05, 4.69) is 0 Å². The molecule has 0 unspecified atom stereocenters. The lowest BCUT2D eigenvalue weighted by Crippen LogP contribution is -2.37. The third-order valence-electron chi connectivity index (χ3n) is 2.72. The highest BCUT2D eigenvalue weighted by Crippen LogP contribution is 2.05. The van der Waals surface area contributed by atoms with Crippen molar-refractivity contribution in [3.05, 3.63) is 0 Å². The van der Waals surface area contributed by atoms with Gasteiger partial charge in [0.05, 0.1) is 6.61 Å². The zero-order chi connectivity index (χ0) is 13.5. The van der Waals surface area contributed by atoms with Gasteiger partial charge in [-0.2, -0.15) is 0 Å². The summed E-state index contributed by atoms with van der Waals surface area (Å²) >= 11 is 0. The van der Waals surface area contributed by atoms with Crippen LogP contribution in [0.25, 0.3) is 0 Å². The third-order valence-corrected chi connectivity index (χ3v) is 2.72. The monoisotopic (exact) mass is 258 g/mol. The Labute approximate surface area is 105 Å². The van der Waals surface area contributed by atoms with Crippen LogP contribution in [0.15, 0.2) is 0 Å². The first-order valence-electron chi connectivity index (χ1n) is 5.96. The number of nitrogens with zero attached hydrogens (tertiary/aromatic N) is 2. The predicted molar refractivity (Wildman–Crippen MR) is 62.0 cm³/mol. The highest BCUT2D eigenvalue weighted by molar-refractivity contribution is 5.94. The minimum atomic E-state index is -0.977. The molecule has 0 aromatic heterocycles. The molecule has 1 aliphatic rings. The SMILES string of the molecule is CCOC(=O)CC(=O)N1CCCN(C(=O)O)CC1. The molecular formula is C11H18N2O5. The van der Waals surface area contributed by atoms with Gasteiger partial charge in [0, 0.05) is 26.2 Å². The number of carbonyl (C=O) groups excluding carboxylic acids is 2. The van der Waals surface area contributed by atoms with Crippen LogP contribution in [0.2, 0.25) is 0 Å². The second kappa shape index (κ2) is 6.83. The number of carboxylic acid groups (broad SMARTS) is 1. The Morgan fingerprint density at radius 2 is 1.72 bits per heavy atom. The van der Waals surface area contributed by atoms with Crippen LogP contribution < -0.4 is 0 Å². The average molecular weight is 258 g/mol. The number of hydrogen-bond donors (Lipinski definition) is 1. The van der Waals surface area contributed by atoms with Gasteiger partial charge < -0.3 is 19.6 Å². The largest absolute Gasteiger partial charge is 0.466 e. The van der Waals surface area contributed by atoms with E-state index in [0.717, 1.165) is 0 Å². The number of amides is 2. The quantitative estimate of drug-likeness (QED) is 0.575. The van der Waals surface area contributed by atoms with Gasteiger partial charge in [0.1, 0.15) is 6.42 Å². The highest BCUT2D eigenvalue weighted by Gasteiger charge is 2.23. The fraction of sp³-hybridized carbons (Fsp3) is 0.727. The van der Waals surface area contributed by atoms with Gasteiger partial charge in [-0.25, -0.2) is 4.79 Å². The Hall–Kier alpha value is -1.79. The topological polar surface area (TPSA) is 87.2 Å². The minimum absolute atomic E-state index is 0.249. The molecule has 0 bridgehead atoms. The number of esters is 1. The molecule has 102 valence electrons. The van der Waals surface area contributed by atoms with E-state index in [-0.39, 0.29) is 25.5 Å². The van der Waals surface area contributed by atoms with E-state index in [0.29, 0.717) is 26.1 Å². The molecule has 1 aliphatic heterocycles. The zero-order valence-corrected chi connectivity index (χ0v) is 10.4. The number of hydrogen-bond acceptors (Lipinski definition) is 4. The first-order valence-corrected chi connectivity index (χ1v) is 5.96. The van der Waals surface area contributed by atoms with Crippen molar-refractivity contribution in [2.24, 2.45) is 0 Å². The first kappa shape index (κ1) is 14.3. The summed E-state index contributed by atoms with van der Waals surface area (Å²) in [7, 11) is 0. The zero-order valence-electron chi connectivity index (χ0n) is 10.4. The van der Waals surface area contributed by atoms with Crippen molar-refractivity contribution in [2.75, 3.05) is 32.8 Å². The fourth-order valence-electron chi connectivity index (χ4n) is 1.81. The maximum atomic E-state index is 11.8. The summed E-state index contributed by atoms with van der Waals surface area (Å²) < 4.78 is 4.70. The second-order valence-corrected chi connectivity index (χ2v) is 3.99. The van der Waals surface area contributed by atoms with Crippen LogP contribution in [0.4, 0.5) is 4.79 Å². The molecule has 2 amide bonds. The molecule has 1 rings (SSSR count). The third kappa shape index (κ3) is 4.23. The Bertz CT molecular complexity index is 331. The molecule has 0 saturated carbocycles. The van der Waals surface area contributed by atoms with Crippen LogP contribution in [-0.2, 0) is 14.3 Å². The van der Waals surface area contributed by atoms with Crippen molar-refractivity contribution < 1.29 is 24.2 Å².